The summed E-state index contributed by atoms with van der Waals surface area (Å²) in [4.78, 5) is 19.1. The molecule has 2 rings (SSSR count). The van der Waals surface area contributed by atoms with E-state index in [2.05, 4.69) is 20.6 Å². The number of rotatable bonds is 3. The fraction of sp³-hybridized carbons (Fsp3) is 0.154. The smallest absolute Gasteiger partial charge is 0.385 e. The third kappa shape index (κ3) is 3.47. The number of carbonyl (C=O) groups excluding carboxylic acids is 1. The second-order valence-corrected chi connectivity index (χ2v) is 4.03. The second kappa shape index (κ2) is 5.78. The molecule has 8 heteroatoms. The molecule has 0 unspecified atom stereocenters. The molecule has 0 spiro atoms. The Balaban J connectivity index is 2.32. The maximum absolute atomic E-state index is 12.7. The van der Waals surface area contributed by atoms with Crippen molar-refractivity contribution >= 4 is 17.3 Å². The van der Waals surface area contributed by atoms with Crippen LogP contribution in [0, 0.1) is 0 Å². The molecule has 0 bridgehead atoms. The van der Waals surface area contributed by atoms with Crippen molar-refractivity contribution in [3.63, 3.8) is 0 Å². The molecule has 1 amide bonds. The van der Waals surface area contributed by atoms with Crippen molar-refractivity contribution < 1.29 is 18.0 Å². The van der Waals surface area contributed by atoms with Gasteiger partial charge >= 0.3 is 6.18 Å². The lowest BCUT2D eigenvalue weighted by Gasteiger charge is -2.13. The summed E-state index contributed by atoms with van der Waals surface area (Å²) in [6.45, 7) is 0. The van der Waals surface area contributed by atoms with Crippen LogP contribution in [0.25, 0.3) is 0 Å². The van der Waals surface area contributed by atoms with Gasteiger partial charge in [0.2, 0.25) is 0 Å². The molecule has 110 valence electrons. The van der Waals surface area contributed by atoms with Gasteiger partial charge in [-0.1, -0.05) is 6.07 Å². The minimum Gasteiger partial charge on any atom is -0.385 e. The highest BCUT2D eigenvalue weighted by Crippen LogP contribution is 2.32. The summed E-state index contributed by atoms with van der Waals surface area (Å²) in [5, 5.41) is 5.05. The summed E-state index contributed by atoms with van der Waals surface area (Å²) in [7, 11) is 1.51. The van der Waals surface area contributed by atoms with Crippen LogP contribution >= 0.6 is 0 Å². The van der Waals surface area contributed by atoms with Gasteiger partial charge in [0.1, 0.15) is 11.4 Å². The van der Waals surface area contributed by atoms with E-state index < -0.39 is 17.8 Å². The van der Waals surface area contributed by atoms with E-state index in [1.54, 1.807) is 12.1 Å². The minimum atomic E-state index is -4.59. The summed E-state index contributed by atoms with van der Waals surface area (Å²) < 4.78 is 38.0. The first-order valence-electron chi connectivity index (χ1n) is 5.89. The highest BCUT2D eigenvalue weighted by Gasteiger charge is 2.33. The molecular weight excluding hydrogens is 285 g/mol. The van der Waals surface area contributed by atoms with Crippen molar-refractivity contribution in [3.8, 4) is 0 Å². The van der Waals surface area contributed by atoms with Crippen LogP contribution in [0.2, 0.25) is 0 Å². The first-order valence-corrected chi connectivity index (χ1v) is 5.89. The van der Waals surface area contributed by atoms with Crippen LogP contribution in [0.3, 0.4) is 0 Å². The molecular formula is C13H11F3N4O. The molecule has 2 aromatic heterocycles. The monoisotopic (exact) mass is 296 g/mol. The van der Waals surface area contributed by atoms with Gasteiger partial charge in [0.05, 0.1) is 17.6 Å². The van der Waals surface area contributed by atoms with E-state index in [0.29, 0.717) is 0 Å². The molecule has 0 saturated heterocycles. The molecule has 0 saturated carbocycles. The summed E-state index contributed by atoms with van der Waals surface area (Å²) in [6.07, 6.45) is -2.16. The van der Waals surface area contributed by atoms with Crippen molar-refractivity contribution in [1.29, 1.82) is 0 Å². The highest BCUT2D eigenvalue weighted by atomic mass is 19.4. The average Bonchev–Trinajstić information content (AvgIpc) is 2.47. The van der Waals surface area contributed by atoms with Gasteiger partial charge in [-0.2, -0.15) is 13.2 Å². The zero-order valence-electron chi connectivity index (χ0n) is 10.9. The predicted octanol–water partition coefficient (Wildman–Crippen LogP) is 2.79. The third-order valence-corrected chi connectivity index (χ3v) is 2.61. The van der Waals surface area contributed by atoms with Crippen molar-refractivity contribution in [2.45, 2.75) is 6.18 Å². The number of hydrogen-bond donors (Lipinski definition) is 2. The molecule has 0 aliphatic rings. The molecule has 5 nitrogen and oxygen atoms in total. The first kappa shape index (κ1) is 14.8. The van der Waals surface area contributed by atoms with Gasteiger partial charge in [0.15, 0.2) is 0 Å². The highest BCUT2D eigenvalue weighted by molar-refractivity contribution is 6.04. The Labute approximate surface area is 118 Å². The van der Waals surface area contributed by atoms with Crippen LogP contribution in [0.15, 0.2) is 36.7 Å². The number of aromatic nitrogens is 2. The van der Waals surface area contributed by atoms with Crippen LogP contribution in [0.4, 0.5) is 24.5 Å². The number of anilines is 2. The lowest BCUT2D eigenvalue weighted by atomic mass is 10.2. The number of pyridine rings is 2. The summed E-state index contributed by atoms with van der Waals surface area (Å²) in [6, 6.07) is 5.46. The van der Waals surface area contributed by atoms with Crippen molar-refractivity contribution in [1.82, 2.24) is 9.97 Å². The Morgan fingerprint density at radius 2 is 1.95 bits per heavy atom. The van der Waals surface area contributed by atoms with E-state index in [-0.39, 0.29) is 17.1 Å². The standard InChI is InChI=1S/C13H11F3N4O/c1-17-10-7-19-11(13(14,15)16)6-9(10)20-12(21)8-4-2-3-5-18-8/h2-7,17H,1H3,(H,19,20,21). The molecule has 0 aliphatic heterocycles. The maximum atomic E-state index is 12.7. The first-order chi connectivity index (χ1) is 9.91. The Hall–Kier alpha value is -2.64. The molecule has 0 aromatic carbocycles. The fourth-order valence-electron chi connectivity index (χ4n) is 1.60. The van der Waals surface area contributed by atoms with Crippen LogP contribution < -0.4 is 10.6 Å². The van der Waals surface area contributed by atoms with Crippen LogP contribution in [0.5, 0.6) is 0 Å². The fourth-order valence-corrected chi connectivity index (χ4v) is 1.60. The molecule has 2 aromatic rings. The molecule has 0 aliphatic carbocycles. The number of amides is 1. The Morgan fingerprint density at radius 1 is 1.19 bits per heavy atom. The predicted molar refractivity (Wildman–Crippen MR) is 71.0 cm³/mol. The van der Waals surface area contributed by atoms with Gasteiger partial charge in [0, 0.05) is 13.2 Å². The van der Waals surface area contributed by atoms with Gasteiger partial charge in [-0.3, -0.25) is 9.78 Å². The number of alkyl halides is 3. The van der Waals surface area contributed by atoms with Crippen LogP contribution in [-0.4, -0.2) is 22.9 Å². The number of halogens is 3. The Kier molecular flexibility index (Phi) is 4.06. The van der Waals surface area contributed by atoms with E-state index >= 15 is 0 Å². The topological polar surface area (TPSA) is 66.9 Å². The molecule has 0 radical (unpaired) electrons. The van der Waals surface area contributed by atoms with Crippen molar-refractivity contribution in [2.75, 3.05) is 17.7 Å². The second-order valence-electron chi connectivity index (χ2n) is 4.03. The Morgan fingerprint density at radius 3 is 2.52 bits per heavy atom. The minimum absolute atomic E-state index is 0.0181. The zero-order chi connectivity index (χ0) is 15.5. The molecule has 2 N–H and O–H groups in total. The summed E-state index contributed by atoms with van der Waals surface area (Å²) >= 11 is 0. The maximum Gasteiger partial charge on any atom is 0.433 e. The molecule has 0 fully saturated rings. The lowest BCUT2D eigenvalue weighted by molar-refractivity contribution is -0.141. The van der Waals surface area contributed by atoms with E-state index in [9.17, 15) is 18.0 Å². The molecule has 2 heterocycles. The van der Waals surface area contributed by atoms with E-state index in [1.807, 2.05) is 0 Å². The average molecular weight is 296 g/mol. The van der Waals surface area contributed by atoms with E-state index in [1.165, 1.54) is 19.3 Å². The largest absolute Gasteiger partial charge is 0.433 e. The van der Waals surface area contributed by atoms with Crippen molar-refractivity contribution in [3.05, 3.63) is 48.0 Å². The van der Waals surface area contributed by atoms with Gasteiger partial charge in [-0.05, 0) is 18.2 Å². The van der Waals surface area contributed by atoms with Crippen LogP contribution in [-0.2, 0) is 6.18 Å². The molecule has 21 heavy (non-hydrogen) atoms. The van der Waals surface area contributed by atoms with Gasteiger partial charge in [-0.25, -0.2) is 4.98 Å². The normalized spacial score (nSPS) is 11.0. The van der Waals surface area contributed by atoms with Crippen LogP contribution in [0.1, 0.15) is 16.2 Å². The Bertz CT molecular complexity index is 644. The third-order valence-electron chi connectivity index (χ3n) is 2.61. The van der Waals surface area contributed by atoms with E-state index in [4.69, 9.17) is 0 Å². The lowest BCUT2D eigenvalue weighted by Crippen LogP contribution is -2.16. The zero-order valence-corrected chi connectivity index (χ0v) is 10.9. The molecule has 0 atom stereocenters. The number of nitrogens with one attached hydrogen (secondary N) is 2. The van der Waals surface area contributed by atoms with Crippen molar-refractivity contribution in [2.24, 2.45) is 0 Å². The van der Waals surface area contributed by atoms with Gasteiger partial charge in [-0.15, -0.1) is 0 Å². The number of hydrogen-bond acceptors (Lipinski definition) is 4. The summed E-state index contributed by atoms with van der Waals surface area (Å²) in [5.74, 6) is -0.605. The SMILES string of the molecule is CNc1cnc(C(F)(F)F)cc1NC(=O)c1ccccn1. The number of nitrogens with zero attached hydrogens (tertiary/aromatic N) is 2. The number of carbonyl (C=O) groups is 1. The van der Waals surface area contributed by atoms with Gasteiger partial charge in [0.25, 0.3) is 5.91 Å². The van der Waals surface area contributed by atoms with E-state index in [0.717, 1.165) is 12.3 Å². The summed E-state index contributed by atoms with van der Waals surface area (Å²) in [5.41, 5.74) is -0.731. The van der Waals surface area contributed by atoms with Gasteiger partial charge < -0.3 is 10.6 Å². The quantitative estimate of drug-likeness (QED) is 0.914.